The van der Waals surface area contributed by atoms with E-state index in [1.807, 2.05) is 14.0 Å². The van der Waals surface area contributed by atoms with E-state index in [-0.39, 0.29) is 6.04 Å². The predicted molar refractivity (Wildman–Crippen MR) is 68.6 cm³/mol. The molecule has 0 aliphatic heterocycles. The first kappa shape index (κ1) is 13.5. The van der Waals surface area contributed by atoms with Crippen molar-refractivity contribution in [3.05, 3.63) is 12.2 Å². The molecule has 2 rings (SSSR count). The van der Waals surface area contributed by atoms with Crippen molar-refractivity contribution in [1.29, 1.82) is 0 Å². The van der Waals surface area contributed by atoms with Crippen LogP contribution in [0.5, 0.6) is 0 Å². The van der Waals surface area contributed by atoms with E-state index in [0.29, 0.717) is 6.10 Å². The molecule has 3 N–H and O–H groups in total. The summed E-state index contributed by atoms with van der Waals surface area (Å²) in [5.74, 6) is 7.31. The molecule has 1 heterocycles. The summed E-state index contributed by atoms with van der Waals surface area (Å²) in [6, 6.07) is 0.264. The summed E-state index contributed by atoms with van der Waals surface area (Å²) in [5.41, 5.74) is 2.89. The average Bonchev–Trinajstić information content (AvgIpc) is 2.71. The Morgan fingerprint density at radius 1 is 1.61 bits per heavy atom. The molecule has 1 aliphatic carbocycles. The molecular weight excluding hydrogens is 230 g/mol. The molecule has 0 amide bonds. The largest absolute Gasteiger partial charge is 0.378 e. The first-order valence-corrected chi connectivity index (χ1v) is 6.63. The molecule has 1 atom stereocenters. The zero-order valence-corrected chi connectivity index (χ0v) is 11.2. The van der Waals surface area contributed by atoms with Gasteiger partial charge in [0.25, 0.3) is 0 Å². The molecule has 6 heteroatoms. The summed E-state index contributed by atoms with van der Waals surface area (Å²) in [6.07, 6.45) is 6.26. The van der Waals surface area contributed by atoms with Crippen molar-refractivity contribution < 1.29 is 4.74 Å². The van der Waals surface area contributed by atoms with Gasteiger partial charge in [-0.05, 0) is 32.1 Å². The monoisotopic (exact) mass is 253 g/mol. The van der Waals surface area contributed by atoms with Crippen molar-refractivity contribution >= 4 is 0 Å². The fourth-order valence-electron chi connectivity index (χ4n) is 2.58. The van der Waals surface area contributed by atoms with Gasteiger partial charge in [-0.25, -0.2) is 4.98 Å². The second kappa shape index (κ2) is 6.26. The Hall–Kier alpha value is -0.980. The molecule has 1 saturated carbocycles. The Labute approximate surface area is 108 Å². The Bertz CT molecular complexity index is 361. The van der Waals surface area contributed by atoms with Gasteiger partial charge >= 0.3 is 0 Å². The average molecular weight is 253 g/mol. The molecule has 1 fully saturated rings. The van der Waals surface area contributed by atoms with Gasteiger partial charge in [0.2, 0.25) is 0 Å². The number of hydrogen-bond acceptors (Lipinski definition) is 5. The quantitative estimate of drug-likeness (QED) is 0.543. The van der Waals surface area contributed by atoms with Gasteiger partial charge in [0.1, 0.15) is 12.2 Å². The minimum Gasteiger partial charge on any atom is -0.378 e. The van der Waals surface area contributed by atoms with Gasteiger partial charge in [-0.1, -0.05) is 0 Å². The van der Waals surface area contributed by atoms with Crippen LogP contribution in [0.15, 0.2) is 6.33 Å². The SMILES string of the molecule is CCOC1CC(CC(Cc2ncnn2C)NN)C1. The highest BCUT2D eigenvalue weighted by molar-refractivity contribution is 4.91. The lowest BCUT2D eigenvalue weighted by Crippen LogP contribution is -2.42. The van der Waals surface area contributed by atoms with E-state index in [1.54, 1.807) is 11.0 Å². The third-order valence-corrected chi connectivity index (χ3v) is 3.68. The van der Waals surface area contributed by atoms with Crippen molar-refractivity contribution in [3.8, 4) is 0 Å². The summed E-state index contributed by atoms with van der Waals surface area (Å²) >= 11 is 0. The molecule has 18 heavy (non-hydrogen) atoms. The van der Waals surface area contributed by atoms with E-state index >= 15 is 0 Å². The van der Waals surface area contributed by atoms with Crippen molar-refractivity contribution in [2.24, 2.45) is 18.8 Å². The molecule has 1 aliphatic rings. The van der Waals surface area contributed by atoms with Gasteiger partial charge in [0, 0.05) is 26.1 Å². The first-order valence-electron chi connectivity index (χ1n) is 6.63. The lowest BCUT2D eigenvalue weighted by molar-refractivity contribution is -0.0290. The topological polar surface area (TPSA) is 78.0 Å². The lowest BCUT2D eigenvalue weighted by atomic mass is 9.78. The number of aryl methyl sites for hydroxylation is 1. The van der Waals surface area contributed by atoms with Crippen molar-refractivity contribution in [3.63, 3.8) is 0 Å². The Morgan fingerprint density at radius 3 is 2.94 bits per heavy atom. The van der Waals surface area contributed by atoms with E-state index in [4.69, 9.17) is 10.6 Å². The second-order valence-electron chi connectivity index (χ2n) is 5.02. The van der Waals surface area contributed by atoms with E-state index in [2.05, 4.69) is 15.5 Å². The smallest absolute Gasteiger partial charge is 0.138 e. The van der Waals surface area contributed by atoms with Crippen LogP contribution in [0.2, 0.25) is 0 Å². The predicted octanol–water partition coefficient (Wildman–Crippen LogP) is 0.395. The highest BCUT2D eigenvalue weighted by Crippen LogP contribution is 2.33. The number of rotatable bonds is 7. The van der Waals surface area contributed by atoms with Crippen LogP contribution in [0.3, 0.4) is 0 Å². The Balaban J connectivity index is 1.75. The van der Waals surface area contributed by atoms with Gasteiger partial charge in [0.15, 0.2) is 0 Å². The van der Waals surface area contributed by atoms with Gasteiger partial charge in [-0.2, -0.15) is 5.10 Å². The summed E-state index contributed by atoms with van der Waals surface area (Å²) in [5, 5.41) is 4.07. The summed E-state index contributed by atoms with van der Waals surface area (Å²) in [4.78, 5) is 4.23. The van der Waals surface area contributed by atoms with Gasteiger partial charge in [-0.3, -0.25) is 16.0 Å². The van der Waals surface area contributed by atoms with E-state index in [1.165, 1.54) is 0 Å². The van der Waals surface area contributed by atoms with Crippen LogP contribution in [0, 0.1) is 5.92 Å². The lowest BCUT2D eigenvalue weighted by Gasteiger charge is -2.36. The molecule has 6 nitrogen and oxygen atoms in total. The molecule has 0 radical (unpaired) electrons. The number of nitrogens with two attached hydrogens (primary N) is 1. The number of nitrogens with zero attached hydrogens (tertiary/aromatic N) is 3. The molecule has 0 bridgehead atoms. The molecule has 1 aromatic rings. The molecular formula is C12H23N5O. The summed E-state index contributed by atoms with van der Waals surface area (Å²) in [6.45, 7) is 2.86. The normalized spacial score (nSPS) is 24.8. The summed E-state index contributed by atoms with van der Waals surface area (Å²) in [7, 11) is 1.91. The van der Waals surface area contributed by atoms with E-state index in [0.717, 1.165) is 44.0 Å². The standard InChI is InChI=1S/C12H23N5O/c1-3-18-11-5-9(6-11)4-10(16-13)7-12-14-8-15-17(12)2/h8-11,16H,3-7,13H2,1-2H3. The molecule has 0 spiro atoms. The minimum absolute atomic E-state index is 0.264. The highest BCUT2D eigenvalue weighted by Gasteiger charge is 2.31. The van der Waals surface area contributed by atoms with Crippen molar-refractivity contribution in [1.82, 2.24) is 20.2 Å². The molecule has 102 valence electrons. The minimum atomic E-state index is 0.264. The van der Waals surface area contributed by atoms with E-state index in [9.17, 15) is 0 Å². The second-order valence-corrected chi connectivity index (χ2v) is 5.02. The van der Waals surface area contributed by atoms with Crippen molar-refractivity contribution in [2.45, 2.75) is 44.8 Å². The number of hydrogen-bond donors (Lipinski definition) is 2. The zero-order valence-electron chi connectivity index (χ0n) is 11.2. The molecule has 0 aromatic carbocycles. The van der Waals surface area contributed by atoms with Crippen LogP contribution >= 0.6 is 0 Å². The third kappa shape index (κ3) is 3.28. The van der Waals surface area contributed by atoms with Crippen LogP contribution in [0.4, 0.5) is 0 Å². The van der Waals surface area contributed by atoms with Gasteiger partial charge in [0.05, 0.1) is 6.10 Å². The third-order valence-electron chi connectivity index (χ3n) is 3.68. The summed E-state index contributed by atoms with van der Waals surface area (Å²) < 4.78 is 7.37. The number of ether oxygens (including phenoxy) is 1. The first-order chi connectivity index (χ1) is 8.72. The fraction of sp³-hybridized carbons (Fsp3) is 0.833. The van der Waals surface area contributed by atoms with Crippen LogP contribution in [0.25, 0.3) is 0 Å². The fourth-order valence-corrected chi connectivity index (χ4v) is 2.58. The number of aromatic nitrogens is 3. The number of nitrogens with one attached hydrogen (secondary N) is 1. The maximum absolute atomic E-state index is 5.62. The zero-order chi connectivity index (χ0) is 13.0. The molecule has 1 aromatic heterocycles. The molecule has 1 unspecified atom stereocenters. The van der Waals surface area contributed by atoms with Crippen molar-refractivity contribution in [2.75, 3.05) is 6.61 Å². The van der Waals surface area contributed by atoms with Crippen LogP contribution in [-0.2, 0) is 18.2 Å². The Kier molecular flexibility index (Phi) is 4.68. The maximum Gasteiger partial charge on any atom is 0.138 e. The van der Waals surface area contributed by atoms with Crippen LogP contribution in [0.1, 0.15) is 32.0 Å². The van der Waals surface area contributed by atoms with Gasteiger partial charge < -0.3 is 4.74 Å². The van der Waals surface area contributed by atoms with Crippen LogP contribution in [-0.4, -0.2) is 33.5 Å². The maximum atomic E-state index is 5.62. The molecule has 0 saturated heterocycles. The van der Waals surface area contributed by atoms with Gasteiger partial charge in [-0.15, -0.1) is 0 Å². The van der Waals surface area contributed by atoms with E-state index < -0.39 is 0 Å². The van der Waals surface area contributed by atoms with Crippen LogP contribution < -0.4 is 11.3 Å². The number of hydrazine groups is 1. The Morgan fingerprint density at radius 2 is 2.39 bits per heavy atom. The highest BCUT2D eigenvalue weighted by atomic mass is 16.5.